The first-order chi connectivity index (χ1) is 7.84. The van der Waals surface area contributed by atoms with E-state index in [1.807, 2.05) is 41.0 Å². The number of anilines is 1. The van der Waals surface area contributed by atoms with E-state index in [-0.39, 0.29) is 0 Å². The van der Waals surface area contributed by atoms with Crippen molar-refractivity contribution in [3.63, 3.8) is 0 Å². The number of aromatic nitrogens is 3. The van der Waals surface area contributed by atoms with Gasteiger partial charge in [-0.2, -0.15) is 0 Å². The Morgan fingerprint density at radius 1 is 1.06 bits per heavy atom. The lowest BCUT2D eigenvalue weighted by Gasteiger charge is -2.04. The zero-order valence-electron chi connectivity index (χ0n) is 8.54. The van der Waals surface area contributed by atoms with E-state index in [0.29, 0.717) is 5.82 Å². The normalized spacial score (nSPS) is 10.8. The van der Waals surface area contributed by atoms with Crippen LogP contribution in [0.5, 0.6) is 0 Å². The molecule has 0 amide bonds. The molecule has 1 aromatic carbocycles. The quantitative estimate of drug-likeness (QED) is 0.668. The summed E-state index contributed by atoms with van der Waals surface area (Å²) in [7, 11) is 0. The van der Waals surface area contributed by atoms with Crippen LogP contribution in [0.1, 0.15) is 0 Å². The Morgan fingerprint density at radius 3 is 2.81 bits per heavy atom. The Kier molecular flexibility index (Phi) is 1.86. The maximum atomic E-state index is 5.66. The fraction of sp³-hybridized carbons (Fsp3) is 0. The molecule has 4 heteroatoms. The van der Waals surface area contributed by atoms with Gasteiger partial charge in [-0.15, -0.1) is 0 Å². The number of pyridine rings is 1. The van der Waals surface area contributed by atoms with E-state index in [1.54, 1.807) is 12.5 Å². The van der Waals surface area contributed by atoms with E-state index in [4.69, 9.17) is 5.73 Å². The van der Waals surface area contributed by atoms with E-state index in [2.05, 4.69) is 9.97 Å². The van der Waals surface area contributed by atoms with Crippen LogP contribution >= 0.6 is 0 Å². The van der Waals surface area contributed by atoms with Gasteiger partial charge in [0.15, 0.2) is 0 Å². The number of hydrogen-bond donors (Lipinski definition) is 1. The highest BCUT2D eigenvalue weighted by Crippen LogP contribution is 2.18. The molecule has 0 spiro atoms. The van der Waals surface area contributed by atoms with Gasteiger partial charge in [0, 0.05) is 12.3 Å². The van der Waals surface area contributed by atoms with Gasteiger partial charge >= 0.3 is 0 Å². The lowest BCUT2D eigenvalue weighted by Crippen LogP contribution is -1.95. The molecule has 0 aliphatic rings. The molecule has 2 heterocycles. The first-order valence-corrected chi connectivity index (χ1v) is 4.98. The molecule has 0 saturated carbocycles. The summed E-state index contributed by atoms with van der Waals surface area (Å²) in [5.41, 5.74) is 8.67. The molecule has 0 fully saturated rings. The van der Waals surface area contributed by atoms with Gasteiger partial charge < -0.3 is 5.73 Å². The first kappa shape index (κ1) is 8.91. The number of nitrogen functional groups attached to an aromatic ring is 1. The van der Waals surface area contributed by atoms with Crippen molar-refractivity contribution in [2.45, 2.75) is 0 Å². The Bertz CT molecular complexity index is 642. The number of benzene rings is 1. The van der Waals surface area contributed by atoms with Crippen LogP contribution in [0.15, 0.2) is 48.9 Å². The molecule has 3 rings (SSSR count). The van der Waals surface area contributed by atoms with Gasteiger partial charge in [-0.25, -0.2) is 9.97 Å². The average Bonchev–Trinajstić information content (AvgIpc) is 2.72. The lowest BCUT2D eigenvalue weighted by molar-refractivity contribution is 1.08. The molecule has 0 saturated heterocycles. The number of para-hydroxylation sites is 2. The molecular formula is C12H10N4. The lowest BCUT2D eigenvalue weighted by atomic mass is 10.3. The molecule has 78 valence electrons. The standard InChI is InChI=1S/C12H10N4/c13-12-7-9(5-6-14-12)16-8-15-10-3-1-2-4-11(10)16/h1-8H,(H2,13,14). The molecule has 0 bridgehead atoms. The minimum Gasteiger partial charge on any atom is -0.384 e. The summed E-state index contributed by atoms with van der Waals surface area (Å²) in [6.07, 6.45) is 3.49. The second kappa shape index (κ2) is 3.34. The van der Waals surface area contributed by atoms with Crippen molar-refractivity contribution in [3.8, 4) is 5.69 Å². The molecule has 0 radical (unpaired) electrons. The van der Waals surface area contributed by atoms with Gasteiger partial charge in [0.2, 0.25) is 0 Å². The Morgan fingerprint density at radius 2 is 1.94 bits per heavy atom. The van der Waals surface area contributed by atoms with Crippen LogP contribution < -0.4 is 5.73 Å². The van der Waals surface area contributed by atoms with Crippen LogP contribution in [-0.2, 0) is 0 Å². The predicted molar refractivity (Wildman–Crippen MR) is 63.3 cm³/mol. The van der Waals surface area contributed by atoms with Gasteiger partial charge in [0.05, 0.1) is 16.7 Å². The fourth-order valence-electron chi connectivity index (χ4n) is 1.75. The number of nitrogens with zero attached hydrogens (tertiary/aromatic N) is 3. The minimum atomic E-state index is 0.510. The van der Waals surface area contributed by atoms with Crippen LogP contribution in [-0.4, -0.2) is 14.5 Å². The van der Waals surface area contributed by atoms with Crippen LogP contribution in [0.4, 0.5) is 5.82 Å². The molecule has 16 heavy (non-hydrogen) atoms. The van der Waals surface area contributed by atoms with Gasteiger partial charge in [0.25, 0.3) is 0 Å². The van der Waals surface area contributed by atoms with Crippen molar-refractivity contribution >= 4 is 16.9 Å². The summed E-state index contributed by atoms with van der Waals surface area (Å²) in [6, 6.07) is 11.7. The van der Waals surface area contributed by atoms with Crippen LogP contribution in [0, 0.1) is 0 Å². The fourth-order valence-corrected chi connectivity index (χ4v) is 1.75. The monoisotopic (exact) mass is 210 g/mol. The first-order valence-electron chi connectivity index (χ1n) is 4.98. The number of fused-ring (bicyclic) bond motifs is 1. The van der Waals surface area contributed by atoms with E-state index < -0.39 is 0 Å². The molecule has 2 N–H and O–H groups in total. The topological polar surface area (TPSA) is 56.7 Å². The van der Waals surface area contributed by atoms with E-state index in [0.717, 1.165) is 16.7 Å². The average molecular weight is 210 g/mol. The summed E-state index contributed by atoms with van der Waals surface area (Å²) in [6.45, 7) is 0. The van der Waals surface area contributed by atoms with Gasteiger partial charge in [-0.05, 0) is 18.2 Å². The van der Waals surface area contributed by atoms with Crippen molar-refractivity contribution in [1.29, 1.82) is 0 Å². The second-order valence-electron chi connectivity index (χ2n) is 3.54. The second-order valence-corrected chi connectivity index (χ2v) is 3.54. The summed E-state index contributed by atoms with van der Waals surface area (Å²) in [5, 5.41) is 0. The molecule has 0 atom stereocenters. The van der Waals surface area contributed by atoms with E-state index in [9.17, 15) is 0 Å². The third-order valence-electron chi connectivity index (χ3n) is 2.50. The van der Waals surface area contributed by atoms with Crippen LogP contribution in [0.25, 0.3) is 16.7 Å². The van der Waals surface area contributed by atoms with Crippen molar-refractivity contribution in [3.05, 3.63) is 48.9 Å². The Balaban J connectivity index is 2.26. The van der Waals surface area contributed by atoms with Crippen molar-refractivity contribution in [1.82, 2.24) is 14.5 Å². The molecule has 0 unspecified atom stereocenters. The number of hydrogen-bond acceptors (Lipinski definition) is 3. The van der Waals surface area contributed by atoms with Gasteiger partial charge in [-0.3, -0.25) is 4.57 Å². The zero-order chi connectivity index (χ0) is 11.0. The van der Waals surface area contributed by atoms with Crippen molar-refractivity contribution in [2.75, 3.05) is 5.73 Å². The van der Waals surface area contributed by atoms with Gasteiger partial charge in [0.1, 0.15) is 12.1 Å². The number of rotatable bonds is 1. The summed E-state index contributed by atoms with van der Waals surface area (Å²) < 4.78 is 1.99. The minimum absolute atomic E-state index is 0.510. The molecular weight excluding hydrogens is 200 g/mol. The third kappa shape index (κ3) is 1.32. The summed E-state index contributed by atoms with van der Waals surface area (Å²) >= 11 is 0. The number of nitrogens with two attached hydrogens (primary N) is 1. The largest absolute Gasteiger partial charge is 0.384 e. The Hall–Kier alpha value is -2.36. The van der Waals surface area contributed by atoms with Crippen molar-refractivity contribution < 1.29 is 0 Å². The third-order valence-corrected chi connectivity index (χ3v) is 2.50. The van der Waals surface area contributed by atoms with Crippen LogP contribution in [0.3, 0.4) is 0 Å². The van der Waals surface area contributed by atoms with Crippen LogP contribution in [0.2, 0.25) is 0 Å². The molecule has 2 aromatic heterocycles. The molecule has 4 nitrogen and oxygen atoms in total. The summed E-state index contributed by atoms with van der Waals surface area (Å²) in [4.78, 5) is 8.30. The zero-order valence-corrected chi connectivity index (χ0v) is 8.54. The molecule has 3 aromatic rings. The SMILES string of the molecule is Nc1cc(-n2cnc3ccccc32)ccn1. The Labute approximate surface area is 92.4 Å². The maximum Gasteiger partial charge on any atom is 0.125 e. The highest BCUT2D eigenvalue weighted by atomic mass is 15.1. The van der Waals surface area contributed by atoms with Crippen molar-refractivity contribution in [2.24, 2.45) is 0 Å². The maximum absolute atomic E-state index is 5.66. The smallest absolute Gasteiger partial charge is 0.125 e. The van der Waals surface area contributed by atoms with Gasteiger partial charge in [-0.1, -0.05) is 12.1 Å². The van der Waals surface area contributed by atoms with E-state index >= 15 is 0 Å². The molecule has 0 aliphatic heterocycles. The molecule has 0 aliphatic carbocycles. The highest BCUT2D eigenvalue weighted by molar-refractivity contribution is 5.77. The van der Waals surface area contributed by atoms with E-state index in [1.165, 1.54) is 0 Å². The predicted octanol–water partition coefficient (Wildman–Crippen LogP) is 2.00. The highest BCUT2D eigenvalue weighted by Gasteiger charge is 2.03. The summed E-state index contributed by atoms with van der Waals surface area (Å²) in [5.74, 6) is 0.510. The number of imidazole rings is 1.